The first-order valence-corrected chi connectivity index (χ1v) is 7.24. The second kappa shape index (κ2) is 7.03. The summed E-state index contributed by atoms with van der Waals surface area (Å²) in [6.45, 7) is 0. The summed E-state index contributed by atoms with van der Waals surface area (Å²) >= 11 is 16.6. The van der Waals surface area contributed by atoms with Crippen LogP contribution in [0, 0.1) is 0 Å². The Morgan fingerprint density at radius 1 is 0.952 bits per heavy atom. The lowest BCUT2D eigenvalue weighted by molar-refractivity contribution is -0.147. The van der Waals surface area contributed by atoms with Crippen LogP contribution in [0.2, 0.25) is 0 Å². The monoisotopic (exact) mass is 343 g/mol. The van der Waals surface area contributed by atoms with Gasteiger partial charge in [0.25, 0.3) is 3.79 Å². The Morgan fingerprint density at radius 2 is 1.48 bits per heavy atom. The van der Waals surface area contributed by atoms with E-state index in [-0.39, 0.29) is 0 Å². The van der Waals surface area contributed by atoms with Gasteiger partial charge < -0.3 is 10.1 Å². The smallest absolute Gasteiger partial charge is 0.360 e. The molecule has 0 aliphatic rings. The minimum Gasteiger partial charge on any atom is -0.434 e. The summed E-state index contributed by atoms with van der Waals surface area (Å²) in [5.41, 5.74) is 1.52. The molecular weight excluding hydrogens is 333 g/mol. The number of anilines is 1. The van der Waals surface area contributed by atoms with Crippen molar-refractivity contribution in [1.82, 2.24) is 0 Å². The fraction of sp³-hybridized carbons (Fsp3) is 0.133. The molecule has 0 heterocycles. The molecule has 2 aromatic rings. The number of halogens is 3. The third-order valence-electron chi connectivity index (χ3n) is 2.63. The van der Waals surface area contributed by atoms with Gasteiger partial charge in [-0.05, 0) is 12.1 Å². The molecule has 6 heteroatoms. The van der Waals surface area contributed by atoms with Gasteiger partial charge in [-0.25, -0.2) is 4.79 Å². The standard InChI is InChI=1S/C15H12Cl3NO2/c16-15(17,18)14(20)21-13(11-7-3-1-4-8-11)19-12-9-5-2-6-10-12/h1-10,13,19H/t13-/m0/s1. The number of hydrogen-bond donors (Lipinski definition) is 1. The van der Waals surface area contributed by atoms with Crippen molar-refractivity contribution < 1.29 is 9.53 Å². The molecular formula is C15H12Cl3NO2. The number of rotatable bonds is 4. The average Bonchev–Trinajstić information content (AvgIpc) is 2.47. The maximum Gasteiger partial charge on any atom is 0.360 e. The van der Waals surface area contributed by atoms with E-state index in [0.29, 0.717) is 0 Å². The zero-order valence-corrected chi connectivity index (χ0v) is 13.1. The minimum absolute atomic E-state index is 0.740. The zero-order chi connectivity index (χ0) is 15.3. The third kappa shape index (κ3) is 4.81. The number of benzene rings is 2. The van der Waals surface area contributed by atoms with E-state index >= 15 is 0 Å². The van der Waals surface area contributed by atoms with E-state index in [4.69, 9.17) is 39.5 Å². The number of esters is 1. The number of hydrogen-bond acceptors (Lipinski definition) is 3. The first-order valence-electron chi connectivity index (χ1n) is 6.11. The molecule has 0 bridgehead atoms. The fourth-order valence-corrected chi connectivity index (χ4v) is 1.80. The van der Waals surface area contributed by atoms with E-state index < -0.39 is 16.0 Å². The molecule has 0 aliphatic carbocycles. The third-order valence-corrected chi connectivity index (χ3v) is 3.09. The van der Waals surface area contributed by atoms with Crippen molar-refractivity contribution in [2.45, 2.75) is 10.0 Å². The van der Waals surface area contributed by atoms with Crippen LogP contribution in [0.1, 0.15) is 11.8 Å². The highest BCUT2D eigenvalue weighted by Gasteiger charge is 2.35. The van der Waals surface area contributed by atoms with Crippen LogP contribution < -0.4 is 5.32 Å². The molecule has 1 N–H and O–H groups in total. The van der Waals surface area contributed by atoms with Gasteiger partial charge >= 0.3 is 5.97 Å². The summed E-state index contributed by atoms with van der Waals surface area (Å²) in [7, 11) is 0. The second-order valence-electron chi connectivity index (χ2n) is 4.20. The van der Waals surface area contributed by atoms with E-state index in [2.05, 4.69) is 5.32 Å². The molecule has 0 aromatic heterocycles. The highest BCUT2D eigenvalue weighted by atomic mass is 35.6. The predicted molar refractivity (Wildman–Crippen MR) is 85.6 cm³/mol. The Bertz CT molecular complexity index is 585. The molecule has 0 amide bonds. The Labute approximate surface area is 137 Å². The van der Waals surface area contributed by atoms with E-state index in [9.17, 15) is 4.79 Å². The van der Waals surface area contributed by atoms with Crippen molar-refractivity contribution >= 4 is 46.5 Å². The number of carbonyl (C=O) groups is 1. The number of para-hydroxylation sites is 1. The molecule has 0 radical (unpaired) electrons. The van der Waals surface area contributed by atoms with Crippen LogP contribution in [0.3, 0.4) is 0 Å². The van der Waals surface area contributed by atoms with Gasteiger partial charge in [-0.1, -0.05) is 83.3 Å². The molecule has 0 unspecified atom stereocenters. The van der Waals surface area contributed by atoms with Crippen LogP contribution >= 0.6 is 34.8 Å². The Morgan fingerprint density at radius 3 is 2.00 bits per heavy atom. The van der Waals surface area contributed by atoms with Crippen LogP contribution in [0.25, 0.3) is 0 Å². The van der Waals surface area contributed by atoms with E-state index in [0.717, 1.165) is 11.3 Å². The predicted octanol–water partition coefficient (Wildman–Crippen LogP) is 4.71. The highest BCUT2D eigenvalue weighted by Crippen LogP contribution is 2.31. The normalized spacial score (nSPS) is 12.5. The summed E-state index contributed by atoms with van der Waals surface area (Å²) < 4.78 is 3.14. The maximum atomic E-state index is 11.8. The summed E-state index contributed by atoms with van der Waals surface area (Å²) in [4.78, 5) is 11.8. The summed E-state index contributed by atoms with van der Waals surface area (Å²) in [5.74, 6) is -0.940. The fourth-order valence-electron chi connectivity index (χ4n) is 1.67. The molecule has 110 valence electrons. The lowest BCUT2D eigenvalue weighted by atomic mass is 10.2. The van der Waals surface area contributed by atoms with Crippen LogP contribution in [0.4, 0.5) is 5.69 Å². The molecule has 2 rings (SSSR count). The van der Waals surface area contributed by atoms with Gasteiger partial charge in [0.05, 0.1) is 0 Å². The summed E-state index contributed by atoms with van der Waals surface area (Å²) in [5, 5.41) is 3.08. The number of alkyl halides is 3. The van der Waals surface area contributed by atoms with Gasteiger partial charge in [0.1, 0.15) is 0 Å². The highest BCUT2D eigenvalue weighted by molar-refractivity contribution is 6.75. The van der Waals surface area contributed by atoms with Gasteiger partial charge in [-0.15, -0.1) is 0 Å². The summed E-state index contributed by atoms with van der Waals surface area (Å²) in [6, 6.07) is 18.4. The Balaban J connectivity index is 2.21. The van der Waals surface area contributed by atoms with Crippen LogP contribution in [-0.4, -0.2) is 9.76 Å². The topological polar surface area (TPSA) is 38.3 Å². The van der Waals surface area contributed by atoms with Gasteiger partial charge in [0, 0.05) is 11.3 Å². The van der Waals surface area contributed by atoms with Crippen LogP contribution in [-0.2, 0) is 9.53 Å². The largest absolute Gasteiger partial charge is 0.434 e. The molecule has 21 heavy (non-hydrogen) atoms. The summed E-state index contributed by atoms with van der Waals surface area (Å²) in [6.07, 6.45) is -0.753. The molecule has 0 saturated carbocycles. The lowest BCUT2D eigenvalue weighted by Gasteiger charge is -2.22. The van der Waals surface area contributed by atoms with Gasteiger partial charge in [0.15, 0.2) is 6.23 Å². The van der Waals surface area contributed by atoms with Crippen LogP contribution in [0.5, 0.6) is 0 Å². The van der Waals surface area contributed by atoms with E-state index in [1.54, 1.807) is 0 Å². The van der Waals surface area contributed by atoms with Crippen molar-refractivity contribution in [3.05, 3.63) is 66.2 Å². The second-order valence-corrected chi connectivity index (χ2v) is 6.49. The first-order chi connectivity index (χ1) is 9.97. The Kier molecular flexibility index (Phi) is 5.34. The SMILES string of the molecule is O=C(O[C@H](Nc1ccccc1)c1ccccc1)C(Cl)(Cl)Cl. The van der Waals surface area contributed by atoms with Crippen LogP contribution in [0.15, 0.2) is 60.7 Å². The quantitative estimate of drug-likeness (QED) is 0.496. The van der Waals surface area contributed by atoms with Crippen molar-refractivity contribution in [2.75, 3.05) is 5.32 Å². The number of nitrogens with one attached hydrogen (secondary N) is 1. The Hall–Kier alpha value is -1.42. The van der Waals surface area contributed by atoms with Gasteiger partial charge in [-0.2, -0.15) is 0 Å². The zero-order valence-electron chi connectivity index (χ0n) is 10.8. The number of carbonyl (C=O) groups excluding carboxylic acids is 1. The van der Waals surface area contributed by atoms with Gasteiger partial charge in [-0.3, -0.25) is 0 Å². The van der Waals surface area contributed by atoms with Crippen molar-refractivity contribution in [3.8, 4) is 0 Å². The minimum atomic E-state index is -2.12. The maximum absolute atomic E-state index is 11.8. The van der Waals surface area contributed by atoms with E-state index in [1.807, 2.05) is 60.7 Å². The molecule has 2 aromatic carbocycles. The molecule has 0 spiro atoms. The van der Waals surface area contributed by atoms with Crippen molar-refractivity contribution in [2.24, 2.45) is 0 Å². The lowest BCUT2D eigenvalue weighted by Crippen LogP contribution is -2.27. The van der Waals surface area contributed by atoms with E-state index in [1.165, 1.54) is 0 Å². The van der Waals surface area contributed by atoms with Crippen molar-refractivity contribution in [1.29, 1.82) is 0 Å². The number of ether oxygens (including phenoxy) is 1. The van der Waals surface area contributed by atoms with Gasteiger partial charge in [0.2, 0.25) is 0 Å². The molecule has 0 fully saturated rings. The van der Waals surface area contributed by atoms with Crippen molar-refractivity contribution in [3.63, 3.8) is 0 Å². The molecule has 0 aliphatic heterocycles. The molecule has 3 nitrogen and oxygen atoms in total. The molecule has 1 atom stereocenters. The first kappa shape index (κ1) is 16.0. The molecule has 0 saturated heterocycles. The average molecular weight is 345 g/mol.